The van der Waals surface area contributed by atoms with Gasteiger partial charge in [-0.1, -0.05) is 11.2 Å². The molecule has 1 aromatic carbocycles. The van der Waals surface area contributed by atoms with Crippen LogP contribution in [0.5, 0.6) is 0 Å². The fourth-order valence-corrected chi connectivity index (χ4v) is 2.41. The van der Waals surface area contributed by atoms with Crippen LogP contribution in [0.4, 0.5) is 23.3 Å². The van der Waals surface area contributed by atoms with Crippen LogP contribution < -0.4 is 10.6 Å². The molecule has 0 bridgehead atoms. The first-order valence-electron chi connectivity index (χ1n) is 6.53. The van der Waals surface area contributed by atoms with Crippen molar-refractivity contribution in [3.05, 3.63) is 46.3 Å². The van der Waals surface area contributed by atoms with Gasteiger partial charge < -0.3 is 15.2 Å². The van der Waals surface area contributed by atoms with E-state index in [0.29, 0.717) is 23.3 Å². The monoisotopic (exact) mass is 360 g/mol. The molecule has 112 valence electrons. The van der Waals surface area contributed by atoms with Crippen molar-refractivity contribution in [2.45, 2.75) is 13.8 Å². The van der Waals surface area contributed by atoms with Crippen molar-refractivity contribution >= 4 is 39.2 Å². The Kier molecular flexibility index (Phi) is 4.01. The Balaban J connectivity index is 1.78. The van der Waals surface area contributed by atoms with Crippen LogP contribution in [0.25, 0.3) is 0 Å². The van der Waals surface area contributed by atoms with E-state index < -0.39 is 0 Å². The Morgan fingerprint density at radius 2 is 1.95 bits per heavy atom. The Hall–Kier alpha value is -2.48. The highest BCUT2D eigenvalue weighted by molar-refractivity contribution is 9.10. The maximum atomic E-state index is 4.98. The third-order valence-electron chi connectivity index (χ3n) is 2.81. The molecule has 0 aliphatic rings. The fourth-order valence-electron chi connectivity index (χ4n) is 1.82. The SMILES string of the molecule is Cc1ccc(Nc2cnnc(Nc3cc(C)on3)n2)c(Br)c1. The van der Waals surface area contributed by atoms with Gasteiger partial charge in [0.15, 0.2) is 11.6 Å². The van der Waals surface area contributed by atoms with Crippen LogP contribution in [0.2, 0.25) is 0 Å². The molecular formula is C14H13BrN6O. The molecular weight excluding hydrogens is 348 g/mol. The molecule has 0 aliphatic heterocycles. The molecule has 0 aliphatic carbocycles. The second-order valence-corrected chi connectivity index (χ2v) is 5.58. The molecule has 0 spiro atoms. The lowest BCUT2D eigenvalue weighted by Gasteiger charge is -2.08. The highest BCUT2D eigenvalue weighted by Gasteiger charge is 2.06. The summed E-state index contributed by atoms with van der Waals surface area (Å²) in [4.78, 5) is 4.34. The van der Waals surface area contributed by atoms with Gasteiger partial charge in [0.2, 0.25) is 5.95 Å². The number of halogens is 1. The van der Waals surface area contributed by atoms with Gasteiger partial charge in [0.1, 0.15) is 5.76 Å². The van der Waals surface area contributed by atoms with E-state index in [1.807, 2.05) is 32.0 Å². The second-order valence-electron chi connectivity index (χ2n) is 4.72. The van der Waals surface area contributed by atoms with E-state index in [2.05, 4.69) is 46.9 Å². The molecule has 0 saturated carbocycles. The number of hydrogen-bond acceptors (Lipinski definition) is 7. The van der Waals surface area contributed by atoms with Gasteiger partial charge in [-0.25, -0.2) is 0 Å². The van der Waals surface area contributed by atoms with Crippen LogP contribution in [-0.2, 0) is 0 Å². The number of benzene rings is 1. The third-order valence-corrected chi connectivity index (χ3v) is 3.47. The van der Waals surface area contributed by atoms with Gasteiger partial charge >= 0.3 is 0 Å². The lowest BCUT2D eigenvalue weighted by atomic mass is 10.2. The van der Waals surface area contributed by atoms with E-state index >= 15 is 0 Å². The molecule has 8 heteroatoms. The van der Waals surface area contributed by atoms with Gasteiger partial charge in [0.25, 0.3) is 0 Å². The summed E-state index contributed by atoms with van der Waals surface area (Å²) < 4.78 is 5.93. The summed E-state index contributed by atoms with van der Waals surface area (Å²) >= 11 is 3.52. The van der Waals surface area contributed by atoms with Crippen molar-refractivity contribution in [2.75, 3.05) is 10.6 Å². The first-order chi connectivity index (χ1) is 10.6. The summed E-state index contributed by atoms with van der Waals surface area (Å²) in [5.41, 5.74) is 2.07. The average Bonchev–Trinajstić information content (AvgIpc) is 2.88. The van der Waals surface area contributed by atoms with Crippen molar-refractivity contribution in [3.63, 3.8) is 0 Å². The zero-order valence-electron chi connectivity index (χ0n) is 12.0. The predicted molar refractivity (Wildman–Crippen MR) is 86.5 cm³/mol. The van der Waals surface area contributed by atoms with Gasteiger partial charge in [-0.05, 0) is 47.5 Å². The summed E-state index contributed by atoms with van der Waals surface area (Å²) in [6.45, 7) is 3.84. The summed E-state index contributed by atoms with van der Waals surface area (Å²) in [5.74, 6) is 2.14. The number of nitrogens with one attached hydrogen (secondary N) is 2. The van der Waals surface area contributed by atoms with Crippen molar-refractivity contribution < 1.29 is 4.52 Å². The van der Waals surface area contributed by atoms with E-state index in [1.54, 1.807) is 12.3 Å². The fraction of sp³-hybridized carbons (Fsp3) is 0.143. The molecule has 2 aromatic heterocycles. The van der Waals surface area contributed by atoms with Gasteiger partial charge in [-0.2, -0.15) is 10.1 Å². The van der Waals surface area contributed by atoms with Crippen molar-refractivity contribution in [1.82, 2.24) is 20.3 Å². The first kappa shape index (κ1) is 14.5. The maximum absolute atomic E-state index is 4.98. The normalized spacial score (nSPS) is 10.5. The lowest BCUT2D eigenvalue weighted by molar-refractivity contribution is 0.400. The number of hydrogen-bond donors (Lipinski definition) is 2. The number of anilines is 4. The molecule has 7 nitrogen and oxygen atoms in total. The number of nitrogens with zero attached hydrogens (tertiary/aromatic N) is 4. The summed E-state index contributed by atoms with van der Waals surface area (Å²) in [6.07, 6.45) is 1.55. The molecule has 0 radical (unpaired) electrons. The van der Waals surface area contributed by atoms with Crippen molar-refractivity contribution in [2.24, 2.45) is 0 Å². The highest BCUT2D eigenvalue weighted by Crippen LogP contribution is 2.26. The Morgan fingerprint density at radius 3 is 2.68 bits per heavy atom. The molecule has 0 atom stereocenters. The van der Waals surface area contributed by atoms with E-state index in [9.17, 15) is 0 Å². The maximum Gasteiger partial charge on any atom is 0.250 e. The quantitative estimate of drug-likeness (QED) is 0.732. The zero-order valence-corrected chi connectivity index (χ0v) is 13.5. The van der Waals surface area contributed by atoms with Crippen LogP contribution in [-0.4, -0.2) is 20.3 Å². The molecule has 0 unspecified atom stereocenters. The first-order valence-corrected chi connectivity index (χ1v) is 7.33. The number of aromatic nitrogens is 4. The minimum atomic E-state index is 0.335. The molecule has 0 amide bonds. The molecule has 2 heterocycles. The van der Waals surface area contributed by atoms with Crippen LogP contribution in [0, 0.1) is 13.8 Å². The topological polar surface area (TPSA) is 88.8 Å². The minimum absolute atomic E-state index is 0.335. The van der Waals surface area contributed by atoms with E-state index in [-0.39, 0.29) is 0 Å². The summed E-state index contributed by atoms with van der Waals surface area (Å²) in [6, 6.07) is 7.75. The number of aryl methyl sites for hydroxylation is 2. The lowest BCUT2D eigenvalue weighted by Crippen LogP contribution is -2.02. The largest absolute Gasteiger partial charge is 0.360 e. The highest BCUT2D eigenvalue weighted by atomic mass is 79.9. The molecule has 0 saturated heterocycles. The van der Waals surface area contributed by atoms with Crippen LogP contribution in [0.3, 0.4) is 0 Å². The van der Waals surface area contributed by atoms with Crippen molar-refractivity contribution in [1.29, 1.82) is 0 Å². The van der Waals surface area contributed by atoms with Crippen LogP contribution in [0.1, 0.15) is 11.3 Å². The third kappa shape index (κ3) is 3.40. The molecule has 3 rings (SSSR count). The average molecular weight is 361 g/mol. The van der Waals surface area contributed by atoms with E-state index in [4.69, 9.17) is 4.52 Å². The molecule has 22 heavy (non-hydrogen) atoms. The number of rotatable bonds is 4. The minimum Gasteiger partial charge on any atom is -0.360 e. The van der Waals surface area contributed by atoms with E-state index in [1.165, 1.54) is 5.56 Å². The Labute approximate surface area is 135 Å². The summed E-state index contributed by atoms with van der Waals surface area (Å²) in [7, 11) is 0. The smallest absolute Gasteiger partial charge is 0.250 e. The molecule has 3 aromatic rings. The predicted octanol–water partition coefficient (Wildman–Crippen LogP) is 3.73. The van der Waals surface area contributed by atoms with Gasteiger partial charge in [0.05, 0.1) is 11.9 Å². The Morgan fingerprint density at radius 1 is 1.09 bits per heavy atom. The van der Waals surface area contributed by atoms with Crippen LogP contribution >= 0.6 is 15.9 Å². The van der Waals surface area contributed by atoms with Gasteiger partial charge in [-0.3, -0.25) is 0 Å². The molecule has 0 fully saturated rings. The Bertz CT molecular complexity index is 804. The zero-order chi connectivity index (χ0) is 15.5. The van der Waals surface area contributed by atoms with Gasteiger partial charge in [0, 0.05) is 10.5 Å². The van der Waals surface area contributed by atoms with Crippen LogP contribution in [0.15, 0.2) is 39.5 Å². The van der Waals surface area contributed by atoms with Crippen molar-refractivity contribution in [3.8, 4) is 0 Å². The second kappa shape index (κ2) is 6.10. The summed E-state index contributed by atoms with van der Waals surface area (Å²) in [5, 5.41) is 17.8. The molecule has 2 N–H and O–H groups in total. The van der Waals surface area contributed by atoms with Gasteiger partial charge in [-0.15, -0.1) is 5.10 Å². The van der Waals surface area contributed by atoms with E-state index in [0.717, 1.165) is 10.2 Å². The standard InChI is InChI=1S/C14H13BrN6O/c1-8-3-4-11(10(15)5-8)17-13-7-16-20-14(19-13)18-12-6-9(2)22-21-12/h3-7H,1-2H3,(H2,17,18,19,20,21).